The van der Waals surface area contributed by atoms with Crippen LogP contribution in [-0.4, -0.2) is 80.9 Å². The maximum absolute atomic E-state index is 10.6. The number of nitrogens with zero attached hydrogens (tertiary/aromatic N) is 3. The molecule has 0 bridgehead atoms. The third kappa shape index (κ3) is 6.56. The summed E-state index contributed by atoms with van der Waals surface area (Å²) < 4.78 is 10.6. The number of aliphatic hydroxyl groups excluding tert-OH is 1. The molecule has 0 spiro atoms. The highest BCUT2D eigenvalue weighted by atomic mass is 16.5. The van der Waals surface area contributed by atoms with Crippen LogP contribution in [0, 0.1) is 5.92 Å². The average molecular weight is 393 g/mol. The normalized spacial score (nSPS) is 17.0. The van der Waals surface area contributed by atoms with Crippen molar-refractivity contribution in [3.63, 3.8) is 0 Å². The second-order valence-corrected chi connectivity index (χ2v) is 7.54. The Kier molecular flexibility index (Phi) is 8.86. The van der Waals surface area contributed by atoms with Crippen LogP contribution < -0.4 is 14.8 Å². The van der Waals surface area contributed by atoms with Crippen LogP contribution in [0.15, 0.2) is 23.2 Å². The third-order valence-corrected chi connectivity index (χ3v) is 4.80. The fourth-order valence-electron chi connectivity index (χ4n) is 3.38. The summed E-state index contributed by atoms with van der Waals surface area (Å²) in [4.78, 5) is 9.47. The number of rotatable bonds is 8. The number of nitrogens with one attached hydrogen (secondary N) is 1. The molecule has 2 rings (SSSR count). The van der Waals surface area contributed by atoms with E-state index in [9.17, 15) is 5.11 Å². The van der Waals surface area contributed by atoms with Crippen molar-refractivity contribution in [3.8, 4) is 11.5 Å². The summed E-state index contributed by atoms with van der Waals surface area (Å²) in [6, 6.07) is 5.43. The van der Waals surface area contributed by atoms with Gasteiger partial charge < -0.3 is 24.8 Å². The zero-order valence-electron chi connectivity index (χ0n) is 17.9. The SMILES string of the molecule is CCNC(=NCC(O)c1cc(OC)cc(OC)c1)N1CCN(CC(C)C)CC1. The fraction of sp³-hybridized carbons (Fsp3) is 0.667. The molecule has 1 saturated heterocycles. The Morgan fingerprint density at radius 3 is 2.21 bits per heavy atom. The summed E-state index contributed by atoms with van der Waals surface area (Å²) in [6.45, 7) is 12.8. The van der Waals surface area contributed by atoms with Crippen molar-refractivity contribution in [1.82, 2.24) is 15.1 Å². The molecule has 1 aromatic carbocycles. The van der Waals surface area contributed by atoms with Crippen LogP contribution in [0.4, 0.5) is 0 Å². The molecular weight excluding hydrogens is 356 g/mol. The number of hydrogen-bond acceptors (Lipinski definition) is 5. The Hall–Kier alpha value is -1.99. The van der Waals surface area contributed by atoms with Gasteiger partial charge >= 0.3 is 0 Å². The van der Waals surface area contributed by atoms with Crippen molar-refractivity contribution < 1.29 is 14.6 Å². The van der Waals surface area contributed by atoms with Gasteiger partial charge in [-0.05, 0) is 30.5 Å². The molecule has 1 aliphatic rings. The molecule has 7 heteroatoms. The van der Waals surface area contributed by atoms with Crippen molar-refractivity contribution in [1.29, 1.82) is 0 Å². The largest absolute Gasteiger partial charge is 0.497 e. The van der Waals surface area contributed by atoms with E-state index in [-0.39, 0.29) is 6.54 Å². The van der Waals surface area contributed by atoms with Gasteiger partial charge in [0.2, 0.25) is 0 Å². The molecule has 7 nitrogen and oxygen atoms in total. The number of ether oxygens (including phenoxy) is 2. The van der Waals surface area contributed by atoms with Crippen LogP contribution in [0.2, 0.25) is 0 Å². The van der Waals surface area contributed by atoms with Gasteiger partial charge in [0, 0.05) is 45.3 Å². The first kappa shape index (κ1) is 22.3. The number of hydrogen-bond donors (Lipinski definition) is 2. The minimum Gasteiger partial charge on any atom is -0.497 e. The lowest BCUT2D eigenvalue weighted by atomic mass is 10.1. The maximum atomic E-state index is 10.6. The van der Waals surface area contributed by atoms with Crippen molar-refractivity contribution >= 4 is 5.96 Å². The predicted octanol–water partition coefficient (Wildman–Crippen LogP) is 1.98. The lowest BCUT2D eigenvalue weighted by Crippen LogP contribution is -2.53. The standard InChI is InChI=1S/C21H36N4O3/c1-6-22-21(25-9-7-24(8-10-25)15-16(2)3)23-14-20(26)17-11-18(27-4)13-19(12-17)28-5/h11-13,16,20,26H,6-10,14-15H2,1-5H3,(H,22,23). The molecule has 1 aliphatic heterocycles. The molecule has 28 heavy (non-hydrogen) atoms. The smallest absolute Gasteiger partial charge is 0.194 e. The summed E-state index contributed by atoms with van der Waals surface area (Å²) in [6.07, 6.45) is -0.722. The molecule has 0 aliphatic carbocycles. The van der Waals surface area contributed by atoms with Crippen LogP contribution in [0.5, 0.6) is 11.5 Å². The highest BCUT2D eigenvalue weighted by Crippen LogP contribution is 2.26. The molecule has 0 radical (unpaired) electrons. The van der Waals surface area contributed by atoms with E-state index in [1.165, 1.54) is 0 Å². The Labute approximate surface area is 169 Å². The highest BCUT2D eigenvalue weighted by molar-refractivity contribution is 5.80. The molecule has 1 aromatic rings. The van der Waals surface area contributed by atoms with Gasteiger partial charge in [-0.25, -0.2) is 0 Å². The lowest BCUT2D eigenvalue weighted by Gasteiger charge is -2.37. The number of benzene rings is 1. The molecular formula is C21H36N4O3. The molecule has 1 atom stereocenters. The van der Waals surface area contributed by atoms with E-state index in [2.05, 4.69) is 35.9 Å². The first-order valence-electron chi connectivity index (χ1n) is 10.1. The predicted molar refractivity (Wildman–Crippen MR) is 113 cm³/mol. The number of piperazine rings is 1. The van der Waals surface area contributed by atoms with Crippen molar-refractivity contribution in [2.75, 3.05) is 60.0 Å². The van der Waals surface area contributed by atoms with Crippen LogP contribution in [0.1, 0.15) is 32.4 Å². The monoisotopic (exact) mass is 392 g/mol. The minimum atomic E-state index is -0.722. The quantitative estimate of drug-likeness (QED) is 0.521. The van der Waals surface area contributed by atoms with E-state index in [0.29, 0.717) is 17.4 Å². The van der Waals surface area contributed by atoms with Gasteiger partial charge in [0.1, 0.15) is 11.5 Å². The second kappa shape index (κ2) is 11.1. The van der Waals surface area contributed by atoms with Crippen molar-refractivity contribution in [3.05, 3.63) is 23.8 Å². The summed E-state index contributed by atoms with van der Waals surface area (Å²) in [5, 5.41) is 14.0. The highest BCUT2D eigenvalue weighted by Gasteiger charge is 2.20. The lowest BCUT2D eigenvalue weighted by molar-refractivity contribution is 0.162. The topological polar surface area (TPSA) is 69.6 Å². The van der Waals surface area contributed by atoms with Gasteiger partial charge in [-0.3, -0.25) is 9.89 Å². The van der Waals surface area contributed by atoms with Crippen LogP contribution in [0.25, 0.3) is 0 Å². The first-order chi connectivity index (χ1) is 13.5. The molecule has 158 valence electrons. The van der Waals surface area contributed by atoms with Gasteiger partial charge in [0.05, 0.1) is 26.9 Å². The van der Waals surface area contributed by atoms with Crippen LogP contribution in [0.3, 0.4) is 0 Å². The molecule has 1 unspecified atom stereocenters. The summed E-state index contributed by atoms with van der Waals surface area (Å²) >= 11 is 0. The van der Waals surface area contributed by atoms with Gasteiger partial charge in [0.15, 0.2) is 5.96 Å². The van der Waals surface area contributed by atoms with Crippen LogP contribution in [-0.2, 0) is 0 Å². The van der Waals surface area contributed by atoms with Crippen LogP contribution >= 0.6 is 0 Å². The minimum absolute atomic E-state index is 0.283. The number of methoxy groups -OCH3 is 2. The van der Waals surface area contributed by atoms with E-state index in [4.69, 9.17) is 14.5 Å². The Bertz CT molecular complexity index is 606. The maximum Gasteiger partial charge on any atom is 0.194 e. The summed E-state index contributed by atoms with van der Waals surface area (Å²) in [5.74, 6) is 2.86. The van der Waals surface area contributed by atoms with Crippen molar-refractivity contribution in [2.45, 2.75) is 26.9 Å². The molecule has 1 heterocycles. The summed E-state index contributed by atoms with van der Waals surface area (Å²) in [7, 11) is 3.20. The van der Waals surface area contributed by atoms with E-state index < -0.39 is 6.10 Å². The van der Waals surface area contributed by atoms with E-state index >= 15 is 0 Å². The van der Waals surface area contributed by atoms with Gasteiger partial charge in [-0.1, -0.05) is 13.8 Å². The third-order valence-electron chi connectivity index (χ3n) is 4.80. The second-order valence-electron chi connectivity index (χ2n) is 7.54. The Morgan fingerprint density at radius 2 is 1.71 bits per heavy atom. The number of guanidine groups is 1. The fourth-order valence-corrected chi connectivity index (χ4v) is 3.38. The molecule has 0 aromatic heterocycles. The van der Waals surface area contributed by atoms with E-state index in [0.717, 1.165) is 50.8 Å². The number of aliphatic imine (C=N–C) groups is 1. The molecule has 2 N–H and O–H groups in total. The average Bonchev–Trinajstić information content (AvgIpc) is 2.70. The zero-order chi connectivity index (χ0) is 20.5. The van der Waals surface area contributed by atoms with Crippen molar-refractivity contribution in [2.24, 2.45) is 10.9 Å². The molecule has 0 amide bonds. The molecule has 1 fully saturated rings. The number of aliphatic hydroxyl groups is 1. The Balaban J connectivity index is 2.02. The zero-order valence-corrected chi connectivity index (χ0v) is 17.9. The van der Waals surface area contributed by atoms with Gasteiger partial charge in [-0.15, -0.1) is 0 Å². The summed E-state index contributed by atoms with van der Waals surface area (Å²) in [5.41, 5.74) is 0.734. The van der Waals surface area contributed by atoms with E-state index in [1.807, 2.05) is 12.1 Å². The van der Waals surface area contributed by atoms with Gasteiger partial charge in [0.25, 0.3) is 0 Å². The van der Waals surface area contributed by atoms with Gasteiger partial charge in [-0.2, -0.15) is 0 Å². The Morgan fingerprint density at radius 1 is 1.11 bits per heavy atom. The van der Waals surface area contributed by atoms with E-state index in [1.54, 1.807) is 20.3 Å². The first-order valence-corrected chi connectivity index (χ1v) is 10.1. The molecule has 0 saturated carbocycles.